The highest BCUT2D eigenvalue weighted by Gasteiger charge is 1.80. The summed E-state index contributed by atoms with van der Waals surface area (Å²) in [7, 11) is 0. The van der Waals surface area contributed by atoms with Gasteiger partial charge in [0.05, 0.1) is 12.9 Å². The lowest BCUT2D eigenvalue weighted by Gasteiger charge is -1.97. The second-order valence-electron chi connectivity index (χ2n) is 1.07. The van der Waals surface area contributed by atoms with Gasteiger partial charge in [0.15, 0.2) is 0 Å². The predicted molar refractivity (Wildman–Crippen MR) is 29.2 cm³/mol. The molecule has 0 aliphatic heterocycles. The van der Waals surface area contributed by atoms with Crippen LogP contribution in [0.3, 0.4) is 0 Å². The number of hydrogen-bond acceptors (Lipinski definition) is 3. The van der Waals surface area contributed by atoms with E-state index in [0.717, 1.165) is 0 Å². The fourth-order valence-electron chi connectivity index (χ4n) is 0.255. The molecule has 0 rings (SSSR count). The first kappa shape index (κ1) is 7.46. The third-order valence-electron chi connectivity index (χ3n) is 0.555. The maximum atomic E-state index is 8.06. The summed E-state index contributed by atoms with van der Waals surface area (Å²) in [6, 6.07) is 0. The van der Waals surface area contributed by atoms with E-state index in [2.05, 4.69) is 16.1 Å². The molecule has 3 nitrogen and oxygen atoms in total. The van der Waals surface area contributed by atoms with Crippen LogP contribution in [0.15, 0.2) is 12.8 Å². The van der Waals surface area contributed by atoms with Gasteiger partial charge in [-0.15, -0.1) is 0 Å². The van der Waals surface area contributed by atoms with E-state index in [1.807, 2.05) is 0 Å². The molecule has 0 saturated heterocycles. The van der Waals surface area contributed by atoms with Gasteiger partial charge in [0.2, 0.25) is 0 Å². The van der Waals surface area contributed by atoms with E-state index >= 15 is 0 Å². The van der Waals surface area contributed by atoms with Gasteiger partial charge in [-0.1, -0.05) is 6.58 Å². The van der Waals surface area contributed by atoms with Gasteiger partial charge in [-0.05, 0) is 0 Å². The van der Waals surface area contributed by atoms with Crippen molar-refractivity contribution in [1.29, 1.82) is 0 Å². The fraction of sp³-hybridized carbons (Fsp3) is 0.600. The van der Waals surface area contributed by atoms with E-state index in [9.17, 15) is 0 Å². The average molecular weight is 118 g/mol. The summed E-state index contributed by atoms with van der Waals surface area (Å²) in [6.07, 6.45) is 1.33. The van der Waals surface area contributed by atoms with Crippen LogP contribution in [0.5, 0.6) is 0 Å². The standard InChI is InChI=1S/C5H10O3/c1-2-7-3-4-8-5-6/h2,6H,1,3-5H2. The highest BCUT2D eigenvalue weighted by molar-refractivity contribution is 4.47. The van der Waals surface area contributed by atoms with Gasteiger partial charge in [-0.3, -0.25) is 0 Å². The summed E-state index contributed by atoms with van der Waals surface area (Å²) in [6.45, 7) is 3.92. The van der Waals surface area contributed by atoms with Crippen LogP contribution < -0.4 is 0 Å². The summed E-state index contributed by atoms with van der Waals surface area (Å²) in [4.78, 5) is 0. The van der Waals surface area contributed by atoms with Crippen LogP contribution in [0.1, 0.15) is 0 Å². The van der Waals surface area contributed by atoms with Gasteiger partial charge in [-0.2, -0.15) is 0 Å². The van der Waals surface area contributed by atoms with Gasteiger partial charge in [0.1, 0.15) is 13.4 Å². The zero-order valence-corrected chi connectivity index (χ0v) is 4.67. The summed E-state index contributed by atoms with van der Waals surface area (Å²) in [5.41, 5.74) is 0. The Labute approximate surface area is 48.5 Å². The van der Waals surface area contributed by atoms with E-state index < -0.39 is 0 Å². The molecule has 1 N–H and O–H groups in total. The first-order valence-corrected chi connectivity index (χ1v) is 2.33. The van der Waals surface area contributed by atoms with Crippen molar-refractivity contribution in [1.82, 2.24) is 0 Å². The third-order valence-corrected chi connectivity index (χ3v) is 0.555. The number of aliphatic hydroxyl groups excluding tert-OH is 1. The summed E-state index contributed by atoms with van der Waals surface area (Å²) in [5, 5.41) is 8.06. The van der Waals surface area contributed by atoms with Crippen LogP contribution in [0.2, 0.25) is 0 Å². The molecule has 0 saturated carbocycles. The summed E-state index contributed by atoms with van der Waals surface area (Å²) in [5.74, 6) is 0. The van der Waals surface area contributed by atoms with Crippen LogP contribution in [-0.2, 0) is 9.47 Å². The maximum Gasteiger partial charge on any atom is 0.143 e. The molecular weight excluding hydrogens is 108 g/mol. The molecule has 0 heterocycles. The molecule has 0 amide bonds. The molecule has 0 radical (unpaired) electrons. The number of hydrogen-bond donors (Lipinski definition) is 1. The van der Waals surface area contributed by atoms with E-state index in [0.29, 0.717) is 13.2 Å². The zero-order valence-electron chi connectivity index (χ0n) is 4.67. The Morgan fingerprint density at radius 1 is 1.50 bits per heavy atom. The molecule has 0 spiro atoms. The van der Waals surface area contributed by atoms with E-state index in [4.69, 9.17) is 5.11 Å². The molecular formula is C5H10O3. The minimum Gasteiger partial charge on any atom is -0.499 e. The molecule has 0 aromatic rings. The van der Waals surface area contributed by atoms with E-state index in [-0.39, 0.29) is 6.79 Å². The molecule has 3 heteroatoms. The molecule has 8 heavy (non-hydrogen) atoms. The van der Waals surface area contributed by atoms with Crippen molar-refractivity contribution in [3.63, 3.8) is 0 Å². The number of ether oxygens (including phenoxy) is 2. The molecule has 0 aliphatic rings. The van der Waals surface area contributed by atoms with E-state index in [1.165, 1.54) is 6.26 Å². The quantitative estimate of drug-likeness (QED) is 0.316. The van der Waals surface area contributed by atoms with Crippen molar-refractivity contribution in [2.24, 2.45) is 0 Å². The molecule has 0 unspecified atom stereocenters. The molecule has 0 aromatic heterocycles. The Balaban J connectivity index is 2.62. The topological polar surface area (TPSA) is 38.7 Å². The molecule has 0 aliphatic carbocycles. The zero-order chi connectivity index (χ0) is 6.24. The lowest BCUT2D eigenvalue weighted by Crippen LogP contribution is -2.01. The second kappa shape index (κ2) is 6.46. The Morgan fingerprint density at radius 2 is 2.25 bits per heavy atom. The van der Waals surface area contributed by atoms with Crippen molar-refractivity contribution < 1.29 is 14.6 Å². The van der Waals surface area contributed by atoms with Gasteiger partial charge in [0.25, 0.3) is 0 Å². The Bertz CT molecular complexity index is 53.6. The predicted octanol–water partition coefficient (Wildman–Crippen LogP) is 0.113. The van der Waals surface area contributed by atoms with E-state index in [1.54, 1.807) is 0 Å². The summed E-state index contributed by atoms with van der Waals surface area (Å²) < 4.78 is 9.18. The normalized spacial score (nSPS) is 8.62. The van der Waals surface area contributed by atoms with Gasteiger partial charge < -0.3 is 14.6 Å². The van der Waals surface area contributed by atoms with Gasteiger partial charge >= 0.3 is 0 Å². The van der Waals surface area contributed by atoms with Crippen molar-refractivity contribution >= 4 is 0 Å². The SMILES string of the molecule is C=COCCOCO. The van der Waals surface area contributed by atoms with Gasteiger partial charge in [0, 0.05) is 0 Å². The largest absolute Gasteiger partial charge is 0.499 e. The molecule has 0 aromatic carbocycles. The van der Waals surface area contributed by atoms with Crippen molar-refractivity contribution in [3.05, 3.63) is 12.8 Å². The number of rotatable bonds is 5. The van der Waals surface area contributed by atoms with Crippen molar-refractivity contribution in [2.75, 3.05) is 20.0 Å². The average Bonchev–Trinajstić information content (AvgIpc) is 1.81. The van der Waals surface area contributed by atoms with Gasteiger partial charge in [-0.25, -0.2) is 0 Å². The minimum atomic E-state index is -0.250. The molecule has 0 fully saturated rings. The smallest absolute Gasteiger partial charge is 0.143 e. The van der Waals surface area contributed by atoms with Crippen LogP contribution >= 0.6 is 0 Å². The first-order valence-electron chi connectivity index (χ1n) is 2.33. The van der Waals surface area contributed by atoms with Crippen LogP contribution in [0.25, 0.3) is 0 Å². The lowest BCUT2D eigenvalue weighted by atomic mass is 10.8. The summed E-state index contributed by atoms with van der Waals surface area (Å²) >= 11 is 0. The Kier molecular flexibility index (Phi) is 6.02. The Morgan fingerprint density at radius 3 is 2.75 bits per heavy atom. The number of aliphatic hydroxyl groups is 1. The highest BCUT2D eigenvalue weighted by Crippen LogP contribution is 1.74. The van der Waals surface area contributed by atoms with Crippen molar-refractivity contribution in [3.8, 4) is 0 Å². The molecule has 0 bridgehead atoms. The Hall–Kier alpha value is -0.540. The fourth-order valence-corrected chi connectivity index (χ4v) is 0.255. The van der Waals surface area contributed by atoms with Crippen molar-refractivity contribution in [2.45, 2.75) is 0 Å². The lowest BCUT2D eigenvalue weighted by molar-refractivity contribution is -0.0175. The molecule has 48 valence electrons. The van der Waals surface area contributed by atoms with Crippen LogP contribution in [-0.4, -0.2) is 25.1 Å². The second-order valence-corrected chi connectivity index (χ2v) is 1.07. The van der Waals surface area contributed by atoms with Crippen LogP contribution in [0, 0.1) is 0 Å². The van der Waals surface area contributed by atoms with Crippen LogP contribution in [0.4, 0.5) is 0 Å². The molecule has 0 atom stereocenters. The highest BCUT2D eigenvalue weighted by atomic mass is 16.6. The maximum absolute atomic E-state index is 8.06. The monoisotopic (exact) mass is 118 g/mol. The third kappa shape index (κ3) is 5.46. The minimum absolute atomic E-state index is 0.250. The first-order chi connectivity index (χ1) is 3.91.